The van der Waals surface area contributed by atoms with Gasteiger partial charge in [0.05, 0.1) is 0 Å². The summed E-state index contributed by atoms with van der Waals surface area (Å²) in [5.74, 6) is 0.293. The molecule has 12 heavy (non-hydrogen) atoms. The lowest BCUT2D eigenvalue weighted by molar-refractivity contribution is -0.118. The molecule has 3 heteroatoms. The van der Waals surface area contributed by atoms with Crippen LogP contribution in [0.2, 0.25) is 0 Å². The summed E-state index contributed by atoms with van der Waals surface area (Å²) in [5, 5.41) is 0. The molecule has 0 unspecified atom stereocenters. The van der Waals surface area contributed by atoms with Crippen molar-refractivity contribution in [3.8, 4) is 0 Å². The van der Waals surface area contributed by atoms with E-state index in [-0.39, 0.29) is 5.91 Å². The van der Waals surface area contributed by atoms with Gasteiger partial charge in [-0.05, 0) is 38.0 Å². The first-order chi connectivity index (χ1) is 5.68. The topological polar surface area (TPSA) is 43.1 Å². The van der Waals surface area contributed by atoms with E-state index in [0.29, 0.717) is 25.2 Å². The number of alkyl halides is 1. The Morgan fingerprint density at radius 2 is 1.92 bits per heavy atom. The molecule has 0 heterocycles. The molecule has 70 valence electrons. The summed E-state index contributed by atoms with van der Waals surface area (Å²) in [6, 6.07) is 0. The van der Waals surface area contributed by atoms with E-state index in [2.05, 4.69) is 0 Å². The van der Waals surface area contributed by atoms with Gasteiger partial charge in [0.25, 0.3) is 0 Å². The zero-order valence-corrected chi connectivity index (χ0v) is 7.26. The van der Waals surface area contributed by atoms with E-state index in [1.165, 1.54) is 0 Å². The first-order valence-electron chi connectivity index (χ1n) is 4.61. The number of rotatable bonds is 3. The van der Waals surface area contributed by atoms with Crippen LogP contribution in [0.3, 0.4) is 0 Å². The SMILES string of the molecule is NC(=O)CCC1CCC(F)CC1. The quantitative estimate of drug-likeness (QED) is 0.694. The van der Waals surface area contributed by atoms with Crippen molar-refractivity contribution in [2.45, 2.75) is 44.7 Å². The number of carbonyl (C=O) groups is 1. The molecule has 2 N–H and O–H groups in total. The molecule has 1 amide bonds. The standard InChI is InChI=1S/C9H16FNO/c10-8-4-1-7(2-5-8)3-6-9(11)12/h7-8H,1-6H2,(H2,11,12). The Morgan fingerprint density at radius 3 is 2.42 bits per heavy atom. The molecule has 0 aromatic carbocycles. The highest BCUT2D eigenvalue weighted by Gasteiger charge is 2.20. The molecule has 2 nitrogen and oxygen atoms in total. The molecule has 0 aromatic rings. The predicted octanol–water partition coefficient (Wildman–Crippen LogP) is 1.78. The maximum atomic E-state index is 12.7. The molecular weight excluding hydrogens is 157 g/mol. The molecule has 0 atom stereocenters. The summed E-state index contributed by atoms with van der Waals surface area (Å²) in [6.45, 7) is 0. The number of halogens is 1. The van der Waals surface area contributed by atoms with Crippen molar-refractivity contribution in [3.63, 3.8) is 0 Å². The van der Waals surface area contributed by atoms with Gasteiger partial charge in [-0.25, -0.2) is 4.39 Å². The molecule has 0 aromatic heterocycles. The monoisotopic (exact) mass is 173 g/mol. The lowest BCUT2D eigenvalue weighted by atomic mass is 9.85. The minimum Gasteiger partial charge on any atom is -0.370 e. The van der Waals surface area contributed by atoms with Gasteiger partial charge >= 0.3 is 0 Å². The lowest BCUT2D eigenvalue weighted by Crippen LogP contribution is -2.18. The maximum Gasteiger partial charge on any atom is 0.217 e. The summed E-state index contributed by atoms with van der Waals surface area (Å²) in [4.78, 5) is 10.5. The van der Waals surface area contributed by atoms with Crippen LogP contribution in [-0.2, 0) is 4.79 Å². The van der Waals surface area contributed by atoms with Gasteiger partial charge in [-0.3, -0.25) is 4.79 Å². The van der Waals surface area contributed by atoms with Crippen LogP contribution in [0.4, 0.5) is 4.39 Å². The van der Waals surface area contributed by atoms with E-state index < -0.39 is 6.17 Å². The molecule has 1 aliphatic rings. The van der Waals surface area contributed by atoms with Gasteiger partial charge in [-0.15, -0.1) is 0 Å². The highest BCUT2D eigenvalue weighted by molar-refractivity contribution is 5.73. The zero-order valence-electron chi connectivity index (χ0n) is 7.26. The molecule has 0 saturated heterocycles. The van der Waals surface area contributed by atoms with E-state index in [4.69, 9.17) is 5.73 Å². The molecule has 1 fully saturated rings. The summed E-state index contributed by atoms with van der Waals surface area (Å²) in [7, 11) is 0. The van der Waals surface area contributed by atoms with Crippen LogP contribution >= 0.6 is 0 Å². The summed E-state index contributed by atoms with van der Waals surface area (Å²) in [6.07, 6.45) is 3.90. The Kier molecular flexibility index (Phi) is 3.50. The second-order valence-corrected chi connectivity index (χ2v) is 3.62. The third-order valence-corrected chi connectivity index (χ3v) is 2.58. The molecule has 0 radical (unpaired) electrons. The average Bonchev–Trinajstić information content (AvgIpc) is 2.03. The highest BCUT2D eigenvalue weighted by atomic mass is 19.1. The normalized spacial score (nSPS) is 30.1. The van der Waals surface area contributed by atoms with Crippen molar-refractivity contribution >= 4 is 5.91 Å². The number of hydrogen-bond acceptors (Lipinski definition) is 1. The van der Waals surface area contributed by atoms with Crippen LogP contribution in [0.1, 0.15) is 38.5 Å². The van der Waals surface area contributed by atoms with Crippen LogP contribution in [-0.4, -0.2) is 12.1 Å². The summed E-state index contributed by atoms with van der Waals surface area (Å²) >= 11 is 0. The maximum absolute atomic E-state index is 12.7. The van der Waals surface area contributed by atoms with Gasteiger partial charge in [0, 0.05) is 6.42 Å². The van der Waals surface area contributed by atoms with Crippen LogP contribution in [0.25, 0.3) is 0 Å². The summed E-state index contributed by atoms with van der Waals surface area (Å²) in [5.41, 5.74) is 5.02. The Balaban J connectivity index is 2.13. The second kappa shape index (κ2) is 4.43. The van der Waals surface area contributed by atoms with E-state index >= 15 is 0 Å². The first-order valence-corrected chi connectivity index (χ1v) is 4.61. The molecular formula is C9H16FNO. The molecule has 0 aliphatic heterocycles. The molecule has 0 spiro atoms. The van der Waals surface area contributed by atoms with Crippen LogP contribution in [0, 0.1) is 5.92 Å². The number of primary amides is 1. The number of carbonyl (C=O) groups excluding carboxylic acids is 1. The predicted molar refractivity (Wildman–Crippen MR) is 45.3 cm³/mol. The van der Waals surface area contributed by atoms with E-state index in [0.717, 1.165) is 19.3 Å². The van der Waals surface area contributed by atoms with E-state index in [1.807, 2.05) is 0 Å². The Morgan fingerprint density at radius 1 is 1.33 bits per heavy atom. The van der Waals surface area contributed by atoms with Gasteiger partial charge in [0.2, 0.25) is 5.91 Å². The largest absolute Gasteiger partial charge is 0.370 e. The number of nitrogens with two attached hydrogens (primary N) is 1. The number of amides is 1. The minimum absolute atomic E-state index is 0.239. The van der Waals surface area contributed by atoms with Crippen LogP contribution < -0.4 is 5.73 Å². The third kappa shape index (κ3) is 3.20. The van der Waals surface area contributed by atoms with Gasteiger partial charge in [0.1, 0.15) is 6.17 Å². The van der Waals surface area contributed by atoms with Gasteiger partial charge < -0.3 is 5.73 Å². The van der Waals surface area contributed by atoms with Crippen molar-refractivity contribution in [1.82, 2.24) is 0 Å². The fourth-order valence-corrected chi connectivity index (χ4v) is 1.76. The van der Waals surface area contributed by atoms with E-state index in [9.17, 15) is 9.18 Å². The van der Waals surface area contributed by atoms with Crippen molar-refractivity contribution in [2.24, 2.45) is 11.7 Å². The number of hydrogen-bond donors (Lipinski definition) is 1. The van der Waals surface area contributed by atoms with Crippen molar-refractivity contribution in [1.29, 1.82) is 0 Å². The fraction of sp³-hybridized carbons (Fsp3) is 0.889. The van der Waals surface area contributed by atoms with Crippen molar-refractivity contribution in [2.75, 3.05) is 0 Å². The average molecular weight is 173 g/mol. The molecule has 1 rings (SSSR count). The smallest absolute Gasteiger partial charge is 0.217 e. The van der Waals surface area contributed by atoms with Gasteiger partial charge in [0.15, 0.2) is 0 Å². The lowest BCUT2D eigenvalue weighted by Gasteiger charge is -2.23. The zero-order chi connectivity index (χ0) is 8.97. The van der Waals surface area contributed by atoms with Crippen LogP contribution in [0.15, 0.2) is 0 Å². The molecule has 0 bridgehead atoms. The summed E-state index contributed by atoms with van der Waals surface area (Å²) < 4.78 is 12.7. The molecule has 1 aliphatic carbocycles. The Bertz CT molecular complexity index is 153. The third-order valence-electron chi connectivity index (χ3n) is 2.58. The van der Waals surface area contributed by atoms with Crippen molar-refractivity contribution < 1.29 is 9.18 Å². The van der Waals surface area contributed by atoms with Crippen LogP contribution in [0.5, 0.6) is 0 Å². The fourth-order valence-electron chi connectivity index (χ4n) is 1.76. The second-order valence-electron chi connectivity index (χ2n) is 3.62. The minimum atomic E-state index is -0.602. The van der Waals surface area contributed by atoms with Gasteiger partial charge in [-0.2, -0.15) is 0 Å². The van der Waals surface area contributed by atoms with Crippen molar-refractivity contribution in [3.05, 3.63) is 0 Å². The van der Waals surface area contributed by atoms with E-state index in [1.54, 1.807) is 0 Å². The Labute approximate surface area is 72.3 Å². The first kappa shape index (κ1) is 9.49. The van der Waals surface area contributed by atoms with Gasteiger partial charge in [-0.1, -0.05) is 0 Å². The molecule has 1 saturated carbocycles. The Hall–Kier alpha value is -0.600. The highest BCUT2D eigenvalue weighted by Crippen LogP contribution is 2.28.